The summed E-state index contributed by atoms with van der Waals surface area (Å²) in [4.78, 5) is 16.9. The van der Waals surface area contributed by atoms with E-state index in [0.717, 1.165) is 45.4 Å². The first kappa shape index (κ1) is 13.8. The van der Waals surface area contributed by atoms with E-state index in [9.17, 15) is 4.79 Å². The number of carbonyl (C=O) groups is 1. The van der Waals surface area contributed by atoms with Gasteiger partial charge in [0.25, 0.3) is 0 Å². The van der Waals surface area contributed by atoms with Gasteiger partial charge in [0, 0.05) is 31.1 Å². The third-order valence-corrected chi connectivity index (χ3v) is 4.39. The standard InChI is InChI=1S/C14H27N3O/c1-11(2)17-9-6-13(10-17)15-14(18)12-4-7-16(3)8-5-12/h11-13H,4-10H2,1-3H3,(H,15,18). The summed E-state index contributed by atoms with van der Waals surface area (Å²) in [6.45, 7) is 8.70. The fraction of sp³-hybridized carbons (Fsp3) is 0.929. The molecule has 0 bridgehead atoms. The van der Waals surface area contributed by atoms with Crippen molar-refractivity contribution in [2.75, 3.05) is 33.2 Å². The van der Waals surface area contributed by atoms with Gasteiger partial charge in [-0.15, -0.1) is 0 Å². The van der Waals surface area contributed by atoms with Crippen molar-refractivity contribution in [2.45, 2.75) is 45.2 Å². The Morgan fingerprint density at radius 1 is 1.17 bits per heavy atom. The Hall–Kier alpha value is -0.610. The van der Waals surface area contributed by atoms with Crippen LogP contribution in [0.4, 0.5) is 0 Å². The molecule has 1 unspecified atom stereocenters. The van der Waals surface area contributed by atoms with Gasteiger partial charge in [-0.2, -0.15) is 0 Å². The van der Waals surface area contributed by atoms with Gasteiger partial charge in [-0.1, -0.05) is 0 Å². The number of hydrogen-bond donors (Lipinski definition) is 1. The Balaban J connectivity index is 1.75. The monoisotopic (exact) mass is 253 g/mol. The first-order chi connectivity index (χ1) is 8.56. The van der Waals surface area contributed by atoms with Crippen LogP contribution in [0.25, 0.3) is 0 Å². The molecule has 0 radical (unpaired) electrons. The summed E-state index contributed by atoms with van der Waals surface area (Å²) in [5, 5.41) is 3.25. The molecule has 0 aromatic heterocycles. The molecule has 4 nitrogen and oxygen atoms in total. The average molecular weight is 253 g/mol. The zero-order chi connectivity index (χ0) is 13.1. The molecular weight excluding hydrogens is 226 g/mol. The van der Waals surface area contributed by atoms with Gasteiger partial charge < -0.3 is 10.2 Å². The van der Waals surface area contributed by atoms with Crippen molar-refractivity contribution in [3.05, 3.63) is 0 Å². The highest BCUT2D eigenvalue weighted by Crippen LogP contribution is 2.18. The van der Waals surface area contributed by atoms with Crippen LogP contribution in [-0.2, 0) is 4.79 Å². The number of rotatable bonds is 3. The maximum atomic E-state index is 12.2. The van der Waals surface area contributed by atoms with E-state index in [-0.39, 0.29) is 5.92 Å². The molecule has 1 N–H and O–H groups in total. The highest BCUT2D eigenvalue weighted by molar-refractivity contribution is 5.79. The smallest absolute Gasteiger partial charge is 0.223 e. The van der Waals surface area contributed by atoms with Crippen LogP contribution in [0.2, 0.25) is 0 Å². The van der Waals surface area contributed by atoms with Gasteiger partial charge in [-0.05, 0) is 53.2 Å². The summed E-state index contributed by atoms with van der Waals surface area (Å²) in [5.41, 5.74) is 0. The van der Waals surface area contributed by atoms with Gasteiger partial charge in [-0.3, -0.25) is 9.69 Å². The number of carbonyl (C=O) groups excluding carboxylic acids is 1. The molecule has 1 amide bonds. The topological polar surface area (TPSA) is 35.6 Å². The molecule has 18 heavy (non-hydrogen) atoms. The zero-order valence-corrected chi connectivity index (χ0v) is 12.0. The minimum atomic E-state index is 0.245. The van der Waals surface area contributed by atoms with Crippen molar-refractivity contribution in [3.63, 3.8) is 0 Å². The normalized spacial score (nSPS) is 27.9. The number of piperidine rings is 1. The zero-order valence-electron chi connectivity index (χ0n) is 12.0. The molecule has 2 heterocycles. The van der Waals surface area contributed by atoms with Crippen molar-refractivity contribution < 1.29 is 4.79 Å². The molecule has 0 spiro atoms. The van der Waals surface area contributed by atoms with Crippen molar-refractivity contribution in [1.29, 1.82) is 0 Å². The second-order valence-electron chi connectivity index (χ2n) is 6.16. The fourth-order valence-electron chi connectivity index (χ4n) is 2.96. The van der Waals surface area contributed by atoms with Crippen LogP contribution in [0.1, 0.15) is 33.1 Å². The molecule has 4 heteroatoms. The number of nitrogens with one attached hydrogen (secondary N) is 1. The molecule has 0 aromatic rings. The number of amides is 1. The number of nitrogens with zero attached hydrogens (tertiary/aromatic N) is 2. The van der Waals surface area contributed by atoms with Crippen molar-refractivity contribution in [1.82, 2.24) is 15.1 Å². The van der Waals surface area contributed by atoms with E-state index in [1.54, 1.807) is 0 Å². The van der Waals surface area contributed by atoms with E-state index in [0.29, 0.717) is 18.0 Å². The summed E-state index contributed by atoms with van der Waals surface area (Å²) in [6.07, 6.45) is 3.14. The highest BCUT2D eigenvalue weighted by atomic mass is 16.2. The third-order valence-electron chi connectivity index (χ3n) is 4.39. The maximum Gasteiger partial charge on any atom is 0.223 e. The Kier molecular flexibility index (Phi) is 4.62. The molecule has 104 valence electrons. The predicted octanol–water partition coefficient (Wildman–Crippen LogP) is 0.927. The lowest BCUT2D eigenvalue weighted by Crippen LogP contribution is -2.44. The minimum absolute atomic E-state index is 0.245. The lowest BCUT2D eigenvalue weighted by molar-refractivity contribution is -0.127. The molecule has 1 atom stereocenters. The van der Waals surface area contributed by atoms with Crippen molar-refractivity contribution >= 4 is 5.91 Å². The first-order valence-corrected chi connectivity index (χ1v) is 7.29. The van der Waals surface area contributed by atoms with Gasteiger partial charge >= 0.3 is 0 Å². The van der Waals surface area contributed by atoms with Gasteiger partial charge in [0.05, 0.1) is 0 Å². The van der Waals surface area contributed by atoms with Crippen LogP contribution in [0, 0.1) is 5.92 Å². The maximum absolute atomic E-state index is 12.2. The lowest BCUT2D eigenvalue weighted by atomic mass is 9.96. The van der Waals surface area contributed by atoms with E-state index >= 15 is 0 Å². The van der Waals surface area contributed by atoms with Gasteiger partial charge in [-0.25, -0.2) is 0 Å². The second kappa shape index (κ2) is 6.02. The summed E-state index contributed by atoms with van der Waals surface area (Å²) >= 11 is 0. The van der Waals surface area contributed by atoms with E-state index in [1.165, 1.54) is 0 Å². The molecule has 2 fully saturated rings. The average Bonchev–Trinajstić information content (AvgIpc) is 2.78. The number of hydrogen-bond acceptors (Lipinski definition) is 3. The van der Waals surface area contributed by atoms with Crippen LogP contribution < -0.4 is 5.32 Å². The molecule has 2 rings (SSSR count). The SMILES string of the molecule is CC(C)N1CCC(NC(=O)C2CCN(C)CC2)C1. The predicted molar refractivity (Wildman–Crippen MR) is 73.5 cm³/mol. The van der Waals surface area contributed by atoms with Gasteiger partial charge in [0.2, 0.25) is 5.91 Å². The van der Waals surface area contributed by atoms with E-state index < -0.39 is 0 Å². The molecule has 2 aliphatic rings. The van der Waals surface area contributed by atoms with Crippen LogP contribution in [0.15, 0.2) is 0 Å². The van der Waals surface area contributed by atoms with E-state index in [2.05, 4.69) is 36.0 Å². The second-order valence-corrected chi connectivity index (χ2v) is 6.16. The number of likely N-dealkylation sites (tertiary alicyclic amines) is 2. The van der Waals surface area contributed by atoms with E-state index in [4.69, 9.17) is 0 Å². The third kappa shape index (κ3) is 3.45. The van der Waals surface area contributed by atoms with Crippen LogP contribution in [-0.4, -0.2) is 61.0 Å². The molecule has 0 aliphatic carbocycles. The largest absolute Gasteiger partial charge is 0.352 e. The Morgan fingerprint density at radius 2 is 1.83 bits per heavy atom. The molecular formula is C14H27N3O. The highest BCUT2D eigenvalue weighted by Gasteiger charge is 2.29. The summed E-state index contributed by atoms with van der Waals surface area (Å²) in [7, 11) is 2.13. The molecule has 2 aliphatic heterocycles. The summed E-state index contributed by atoms with van der Waals surface area (Å²) < 4.78 is 0. The van der Waals surface area contributed by atoms with Crippen LogP contribution in [0.3, 0.4) is 0 Å². The van der Waals surface area contributed by atoms with Crippen LogP contribution in [0.5, 0.6) is 0 Å². The lowest BCUT2D eigenvalue weighted by Gasteiger charge is -2.29. The van der Waals surface area contributed by atoms with Crippen molar-refractivity contribution in [3.8, 4) is 0 Å². The van der Waals surface area contributed by atoms with Gasteiger partial charge in [0.1, 0.15) is 0 Å². The molecule has 0 aromatic carbocycles. The summed E-state index contributed by atoms with van der Waals surface area (Å²) in [5.74, 6) is 0.535. The Morgan fingerprint density at radius 3 is 2.39 bits per heavy atom. The van der Waals surface area contributed by atoms with Crippen molar-refractivity contribution in [2.24, 2.45) is 5.92 Å². The van der Waals surface area contributed by atoms with Crippen LogP contribution >= 0.6 is 0 Å². The Bertz CT molecular complexity index is 285. The molecule has 0 saturated carbocycles. The Labute approximate surface area is 111 Å². The quantitative estimate of drug-likeness (QED) is 0.812. The fourth-order valence-corrected chi connectivity index (χ4v) is 2.96. The summed E-state index contributed by atoms with van der Waals surface area (Å²) in [6, 6.07) is 0.967. The van der Waals surface area contributed by atoms with Gasteiger partial charge in [0.15, 0.2) is 0 Å². The first-order valence-electron chi connectivity index (χ1n) is 7.29. The molecule has 2 saturated heterocycles. The van der Waals surface area contributed by atoms with E-state index in [1.807, 2.05) is 0 Å². The minimum Gasteiger partial charge on any atom is -0.352 e.